The SMILES string of the molecule is CCNC(=O)NC(=O)C(C)Sc1nc2sc3c(c2c(=O)n1-c1ccc(C)cc1)CCCC3. The summed E-state index contributed by atoms with van der Waals surface area (Å²) in [6, 6.07) is 7.16. The van der Waals surface area contributed by atoms with Crippen molar-refractivity contribution >= 4 is 45.3 Å². The Bertz CT molecular complexity index is 1230. The number of carbonyl (C=O) groups is 2. The molecule has 32 heavy (non-hydrogen) atoms. The van der Waals surface area contributed by atoms with Gasteiger partial charge in [-0.25, -0.2) is 9.78 Å². The van der Waals surface area contributed by atoms with E-state index in [1.807, 2.05) is 31.2 Å². The van der Waals surface area contributed by atoms with Crippen LogP contribution in [0, 0.1) is 6.92 Å². The Hall–Kier alpha value is -2.65. The van der Waals surface area contributed by atoms with Crippen LogP contribution >= 0.6 is 23.1 Å². The summed E-state index contributed by atoms with van der Waals surface area (Å²) in [5.74, 6) is -0.434. The average molecular weight is 471 g/mol. The highest BCUT2D eigenvalue weighted by atomic mass is 32.2. The van der Waals surface area contributed by atoms with Gasteiger partial charge in [-0.15, -0.1) is 11.3 Å². The highest BCUT2D eigenvalue weighted by Gasteiger charge is 2.25. The minimum absolute atomic E-state index is 0.0999. The molecule has 1 aliphatic carbocycles. The first-order valence-corrected chi connectivity index (χ1v) is 12.5. The number of hydrogen-bond acceptors (Lipinski definition) is 6. The van der Waals surface area contributed by atoms with Crippen molar-refractivity contribution in [1.29, 1.82) is 0 Å². The van der Waals surface area contributed by atoms with Crippen LogP contribution in [0.3, 0.4) is 0 Å². The number of thiophene rings is 1. The molecule has 2 aromatic heterocycles. The number of fused-ring (bicyclic) bond motifs is 3. The number of hydrogen-bond donors (Lipinski definition) is 2. The van der Waals surface area contributed by atoms with Crippen molar-refractivity contribution < 1.29 is 9.59 Å². The van der Waals surface area contributed by atoms with Crippen LogP contribution in [0.25, 0.3) is 15.9 Å². The van der Waals surface area contributed by atoms with Crippen molar-refractivity contribution in [3.63, 3.8) is 0 Å². The first-order valence-electron chi connectivity index (χ1n) is 10.8. The van der Waals surface area contributed by atoms with Crippen LogP contribution in [0.2, 0.25) is 0 Å². The maximum atomic E-state index is 13.7. The Balaban J connectivity index is 1.79. The number of nitrogens with zero attached hydrogens (tertiary/aromatic N) is 2. The molecule has 3 amide bonds. The number of aromatic nitrogens is 2. The van der Waals surface area contributed by atoms with Gasteiger partial charge >= 0.3 is 6.03 Å². The van der Waals surface area contributed by atoms with Gasteiger partial charge in [0.25, 0.3) is 5.56 Å². The van der Waals surface area contributed by atoms with Crippen LogP contribution in [-0.2, 0) is 17.6 Å². The van der Waals surface area contributed by atoms with E-state index in [1.54, 1.807) is 29.8 Å². The van der Waals surface area contributed by atoms with Crippen LogP contribution in [0.5, 0.6) is 0 Å². The molecule has 7 nitrogen and oxygen atoms in total. The molecule has 2 N–H and O–H groups in total. The van der Waals surface area contributed by atoms with Crippen LogP contribution in [0.15, 0.2) is 34.2 Å². The van der Waals surface area contributed by atoms with E-state index in [4.69, 9.17) is 4.98 Å². The molecule has 0 bridgehead atoms. The molecule has 3 aromatic rings. The number of carbonyl (C=O) groups excluding carboxylic acids is 2. The Kier molecular flexibility index (Phi) is 6.66. The lowest BCUT2D eigenvalue weighted by molar-refractivity contribution is -0.119. The Morgan fingerprint density at radius 2 is 1.94 bits per heavy atom. The number of thioether (sulfide) groups is 1. The summed E-state index contributed by atoms with van der Waals surface area (Å²) in [7, 11) is 0. The Morgan fingerprint density at radius 1 is 1.22 bits per heavy atom. The number of rotatable bonds is 5. The summed E-state index contributed by atoms with van der Waals surface area (Å²) in [6.07, 6.45) is 4.09. The van der Waals surface area contributed by atoms with Gasteiger partial charge in [-0.1, -0.05) is 29.5 Å². The molecule has 0 radical (unpaired) electrons. The fourth-order valence-electron chi connectivity index (χ4n) is 3.82. The zero-order valence-electron chi connectivity index (χ0n) is 18.4. The van der Waals surface area contributed by atoms with Crippen molar-refractivity contribution in [3.05, 3.63) is 50.6 Å². The number of imide groups is 1. The van der Waals surface area contributed by atoms with Gasteiger partial charge in [-0.2, -0.15) is 0 Å². The van der Waals surface area contributed by atoms with E-state index in [1.165, 1.54) is 16.6 Å². The first kappa shape index (κ1) is 22.5. The van der Waals surface area contributed by atoms with E-state index >= 15 is 0 Å². The van der Waals surface area contributed by atoms with E-state index in [2.05, 4.69) is 10.6 Å². The van der Waals surface area contributed by atoms with Gasteiger partial charge in [-0.05, 0) is 64.2 Å². The van der Waals surface area contributed by atoms with Crippen molar-refractivity contribution in [3.8, 4) is 5.69 Å². The predicted molar refractivity (Wildman–Crippen MR) is 129 cm³/mol. The third-order valence-electron chi connectivity index (χ3n) is 5.48. The summed E-state index contributed by atoms with van der Waals surface area (Å²) >= 11 is 2.76. The van der Waals surface area contributed by atoms with E-state index < -0.39 is 17.2 Å². The number of aryl methyl sites for hydroxylation is 3. The molecule has 1 aliphatic rings. The molecule has 1 atom stereocenters. The second-order valence-corrected chi connectivity index (χ2v) is 10.3. The van der Waals surface area contributed by atoms with Gasteiger partial charge in [-0.3, -0.25) is 19.5 Å². The lowest BCUT2D eigenvalue weighted by Gasteiger charge is -2.16. The summed E-state index contributed by atoms with van der Waals surface area (Å²) in [5.41, 5.74) is 2.84. The molecular weight excluding hydrogens is 444 g/mol. The summed E-state index contributed by atoms with van der Waals surface area (Å²) in [5, 5.41) is 5.42. The fourth-order valence-corrected chi connectivity index (χ4v) is 6.05. The van der Waals surface area contributed by atoms with Crippen molar-refractivity contribution in [2.75, 3.05) is 6.54 Å². The molecule has 1 unspecified atom stereocenters. The summed E-state index contributed by atoms with van der Waals surface area (Å²) in [4.78, 5) is 44.8. The fraction of sp³-hybridized carbons (Fsp3) is 0.391. The lowest BCUT2D eigenvalue weighted by atomic mass is 9.97. The predicted octanol–water partition coefficient (Wildman–Crippen LogP) is 3.96. The molecular formula is C23H26N4O3S2. The molecule has 0 aliphatic heterocycles. The van der Waals surface area contributed by atoms with Gasteiger partial charge in [0, 0.05) is 11.4 Å². The largest absolute Gasteiger partial charge is 0.338 e. The second-order valence-electron chi connectivity index (χ2n) is 7.87. The van der Waals surface area contributed by atoms with Gasteiger partial charge in [0.1, 0.15) is 4.83 Å². The molecule has 0 saturated carbocycles. The number of amides is 3. The van der Waals surface area contributed by atoms with Crippen molar-refractivity contribution in [1.82, 2.24) is 20.2 Å². The molecule has 168 valence electrons. The molecule has 0 saturated heterocycles. The normalized spacial score (nSPS) is 14.1. The van der Waals surface area contributed by atoms with Gasteiger partial charge in [0.15, 0.2) is 5.16 Å². The van der Waals surface area contributed by atoms with E-state index in [9.17, 15) is 14.4 Å². The molecule has 1 aromatic carbocycles. The standard InChI is InChI=1S/C23H26N4O3S2/c1-4-24-22(30)25-19(28)14(3)31-23-26-20-18(16-7-5-6-8-17(16)32-20)21(29)27(23)15-11-9-13(2)10-12-15/h9-12,14H,4-8H2,1-3H3,(H2,24,25,28,30). The third kappa shape index (κ3) is 4.45. The minimum atomic E-state index is -0.617. The van der Waals surface area contributed by atoms with Crippen molar-refractivity contribution in [2.45, 2.75) is 56.9 Å². The van der Waals surface area contributed by atoms with Crippen LogP contribution in [0.4, 0.5) is 4.79 Å². The minimum Gasteiger partial charge on any atom is -0.338 e. The van der Waals surface area contributed by atoms with Crippen molar-refractivity contribution in [2.24, 2.45) is 0 Å². The zero-order valence-corrected chi connectivity index (χ0v) is 20.0. The van der Waals surface area contributed by atoms with E-state index in [0.717, 1.165) is 41.6 Å². The Morgan fingerprint density at radius 3 is 2.66 bits per heavy atom. The quantitative estimate of drug-likeness (QED) is 0.435. The van der Waals surface area contributed by atoms with Crippen LogP contribution in [0.1, 0.15) is 42.7 Å². The Labute approximate surface area is 194 Å². The zero-order chi connectivity index (χ0) is 22.8. The molecule has 4 rings (SSSR count). The third-order valence-corrected chi connectivity index (χ3v) is 7.71. The number of urea groups is 1. The lowest BCUT2D eigenvalue weighted by Crippen LogP contribution is -2.42. The van der Waals surface area contributed by atoms with Gasteiger partial charge in [0.05, 0.1) is 16.3 Å². The molecule has 0 spiro atoms. The van der Waals surface area contributed by atoms with Crippen LogP contribution in [-0.4, -0.2) is 33.3 Å². The topological polar surface area (TPSA) is 93.1 Å². The van der Waals surface area contributed by atoms with Crippen LogP contribution < -0.4 is 16.2 Å². The summed E-state index contributed by atoms with van der Waals surface area (Å²) < 4.78 is 1.60. The second kappa shape index (κ2) is 9.46. The molecule has 2 heterocycles. The number of nitrogens with one attached hydrogen (secondary N) is 2. The first-order chi connectivity index (χ1) is 15.4. The molecule has 0 fully saturated rings. The summed E-state index contributed by atoms with van der Waals surface area (Å²) in [6.45, 7) is 5.90. The maximum Gasteiger partial charge on any atom is 0.321 e. The highest BCUT2D eigenvalue weighted by Crippen LogP contribution is 2.35. The smallest absolute Gasteiger partial charge is 0.321 e. The van der Waals surface area contributed by atoms with Gasteiger partial charge in [0.2, 0.25) is 5.91 Å². The molecule has 9 heteroatoms. The van der Waals surface area contributed by atoms with Gasteiger partial charge < -0.3 is 5.32 Å². The van der Waals surface area contributed by atoms with E-state index in [-0.39, 0.29) is 5.56 Å². The van der Waals surface area contributed by atoms with E-state index in [0.29, 0.717) is 22.8 Å². The highest BCUT2D eigenvalue weighted by molar-refractivity contribution is 8.00. The maximum absolute atomic E-state index is 13.7. The number of benzene rings is 1. The monoisotopic (exact) mass is 470 g/mol. The average Bonchev–Trinajstić information content (AvgIpc) is 3.13.